The van der Waals surface area contributed by atoms with Gasteiger partial charge in [0.2, 0.25) is 0 Å². The zero-order valence-corrected chi connectivity index (χ0v) is 13.5. The first-order chi connectivity index (χ1) is 10.2. The van der Waals surface area contributed by atoms with Gasteiger partial charge < -0.3 is 10.1 Å². The maximum Gasteiger partial charge on any atom is 0.160 e. The second kappa shape index (κ2) is 6.01. The second-order valence-electron chi connectivity index (χ2n) is 6.57. The van der Waals surface area contributed by atoms with Gasteiger partial charge in [0.15, 0.2) is 5.82 Å². The molecular formula is C17H27N3O. The summed E-state index contributed by atoms with van der Waals surface area (Å²) in [7, 11) is 0. The number of nitrogens with one attached hydrogen (secondary N) is 1. The summed E-state index contributed by atoms with van der Waals surface area (Å²) in [5.74, 6) is 1.38. The van der Waals surface area contributed by atoms with E-state index in [9.17, 15) is 0 Å². The van der Waals surface area contributed by atoms with Crippen LogP contribution < -0.4 is 5.32 Å². The van der Waals surface area contributed by atoms with Crippen molar-refractivity contribution in [3.8, 4) is 0 Å². The molecule has 1 N–H and O–H groups in total. The van der Waals surface area contributed by atoms with Gasteiger partial charge in [-0.25, -0.2) is 9.97 Å². The fourth-order valence-electron chi connectivity index (χ4n) is 3.71. The lowest BCUT2D eigenvalue weighted by Crippen LogP contribution is -2.33. The van der Waals surface area contributed by atoms with Crippen molar-refractivity contribution in [1.29, 1.82) is 0 Å². The Balaban J connectivity index is 2.08. The molecule has 1 aromatic rings. The second-order valence-corrected chi connectivity index (χ2v) is 6.57. The van der Waals surface area contributed by atoms with E-state index in [1.807, 2.05) is 0 Å². The van der Waals surface area contributed by atoms with E-state index in [1.54, 1.807) is 0 Å². The third kappa shape index (κ3) is 2.71. The number of hydrogen-bond donors (Lipinski definition) is 1. The van der Waals surface area contributed by atoms with Crippen molar-refractivity contribution in [2.75, 3.05) is 13.2 Å². The first kappa shape index (κ1) is 14.9. The van der Waals surface area contributed by atoms with Crippen molar-refractivity contribution >= 4 is 0 Å². The third-order valence-corrected chi connectivity index (χ3v) is 4.75. The highest BCUT2D eigenvalue weighted by molar-refractivity contribution is 5.31. The zero-order valence-electron chi connectivity index (χ0n) is 13.5. The normalized spacial score (nSPS) is 20.8. The molecule has 4 heteroatoms. The van der Waals surface area contributed by atoms with Crippen LogP contribution >= 0.6 is 0 Å². The quantitative estimate of drug-likeness (QED) is 0.925. The SMILES string of the molecule is CCOC1(c2nc3c(c(C(C)C)n2)CNCC3)CCCC1. The number of rotatable bonds is 4. The Kier molecular flexibility index (Phi) is 4.27. The number of aromatic nitrogens is 2. The number of ether oxygens (including phenoxy) is 1. The van der Waals surface area contributed by atoms with Gasteiger partial charge in [-0.1, -0.05) is 13.8 Å². The van der Waals surface area contributed by atoms with Gasteiger partial charge >= 0.3 is 0 Å². The highest BCUT2D eigenvalue weighted by Crippen LogP contribution is 2.41. The Labute approximate surface area is 127 Å². The molecule has 0 radical (unpaired) electrons. The molecular weight excluding hydrogens is 262 g/mol. The zero-order chi connectivity index (χ0) is 14.9. The van der Waals surface area contributed by atoms with E-state index in [4.69, 9.17) is 14.7 Å². The van der Waals surface area contributed by atoms with Crippen LogP contribution in [0.5, 0.6) is 0 Å². The molecule has 116 valence electrons. The minimum atomic E-state index is -0.224. The van der Waals surface area contributed by atoms with Gasteiger partial charge in [-0.05, 0) is 38.5 Å². The monoisotopic (exact) mass is 289 g/mol. The molecule has 1 aliphatic heterocycles. The van der Waals surface area contributed by atoms with Crippen LogP contribution in [0.1, 0.15) is 75.1 Å². The number of nitrogens with zero attached hydrogens (tertiary/aromatic N) is 2. The molecule has 0 amide bonds. The standard InChI is InChI=1S/C17H27N3O/c1-4-21-17(8-5-6-9-17)16-19-14-7-10-18-11-13(14)15(20-16)12(2)3/h12,18H,4-11H2,1-3H3. The molecule has 0 aromatic carbocycles. The van der Waals surface area contributed by atoms with Crippen LogP contribution in [0, 0.1) is 0 Å². The molecule has 2 heterocycles. The smallest absolute Gasteiger partial charge is 0.160 e. The summed E-state index contributed by atoms with van der Waals surface area (Å²) in [6, 6.07) is 0. The largest absolute Gasteiger partial charge is 0.367 e. The minimum Gasteiger partial charge on any atom is -0.367 e. The molecule has 1 aliphatic carbocycles. The van der Waals surface area contributed by atoms with Crippen LogP contribution in [0.15, 0.2) is 0 Å². The Hall–Kier alpha value is -1.00. The molecule has 0 bridgehead atoms. The van der Waals surface area contributed by atoms with E-state index in [-0.39, 0.29) is 5.60 Å². The summed E-state index contributed by atoms with van der Waals surface area (Å²) in [5, 5.41) is 3.45. The molecule has 4 nitrogen and oxygen atoms in total. The van der Waals surface area contributed by atoms with Crippen LogP contribution in [0.25, 0.3) is 0 Å². The van der Waals surface area contributed by atoms with E-state index in [0.717, 1.165) is 44.8 Å². The highest BCUT2D eigenvalue weighted by Gasteiger charge is 2.40. The molecule has 0 unspecified atom stereocenters. The van der Waals surface area contributed by atoms with Gasteiger partial charge in [0.25, 0.3) is 0 Å². The first-order valence-corrected chi connectivity index (χ1v) is 8.41. The molecule has 1 fully saturated rings. The third-order valence-electron chi connectivity index (χ3n) is 4.75. The summed E-state index contributed by atoms with van der Waals surface area (Å²) < 4.78 is 6.16. The van der Waals surface area contributed by atoms with Crippen LogP contribution in [0.4, 0.5) is 0 Å². The molecule has 3 rings (SSSR count). The maximum atomic E-state index is 6.16. The topological polar surface area (TPSA) is 47.0 Å². The predicted molar refractivity (Wildman–Crippen MR) is 83.3 cm³/mol. The fraction of sp³-hybridized carbons (Fsp3) is 0.765. The minimum absolute atomic E-state index is 0.224. The molecule has 0 atom stereocenters. The summed E-state index contributed by atoms with van der Waals surface area (Å²) in [5.41, 5.74) is 3.56. The van der Waals surface area contributed by atoms with Gasteiger partial charge in [0.05, 0.1) is 11.4 Å². The van der Waals surface area contributed by atoms with E-state index >= 15 is 0 Å². The van der Waals surface area contributed by atoms with Crippen LogP contribution in [-0.2, 0) is 23.3 Å². The summed E-state index contributed by atoms with van der Waals surface area (Å²) in [6.45, 7) is 9.18. The van der Waals surface area contributed by atoms with Gasteiger partial charge in [-0.3, -0.25) is 0 Å². The van der Waals surface area contributed by atoms with E-state index in [0.29, 0.717) is 5.92 Å². The molecule has 1 aromatic heterocycles. The summed E-state index contributed by atoms with van der Waals surface area (Å²) >= 11 is 0. The molecule has 0 saturated heterocycles. The van der Waals surface area contributed by atoms with E-state index < -0.39 is 0 Å². The van der Waals surface area contributed by atoms with Gasteiger partial charge in [-0.15, -0.1) is 0 Å². The fourth-order valence-corrected chi connectivity index (χ4v) is 3.71. The van der Waals surface area contributed by atoms with Crippen molar-refractivity contribution in [1.82, 2.24) is 15.3 Å². The highest BCUT2D eigenvalue weighted by atomic mass is 16.5. The van der Waals surface area contributed by atoms with Crippen molar-refractivity contribution in [2.45, 2.75) is 70.9 Å². The Morgan fingerprint density at radius 2 is 2.00 bits per heavy atom. The lowest BCUT2D eigenvalue weighted by atomic mass is 9.95. The lowest BCUT2D eigenvalue weighted by molar-refractivity contribution is -0.0460. The van der Waals surface area contributed by atoms with Crippen LogP contribution in [-0.4, -0.2) is 23.1 Å². The maximum absolute atomic E-state index is 6.16. The van der Waals surface area contributed by atoms with Gasteiger partial charge in [-0.2, -0.15) is 0 Å². The average molecular weight is 289 g/mol. The number of fused-ring (bicyclic) bond motifs is 1. The first-order valence-electron chi connectivity index (χ1n) is 8.41. The molecule has 21 heavy (non-hydrogen) atoms. The van der Waals surface area contributed by atoms with Crippen molar-refractivity contribution in [3.63, 3.8) is 0 Å². The summed E-state index contributed by atoms with van der Waals surface area (Å²) in [4.78, 5) is 9.94. The van der Waals surface area contributed by atoms with E-state index in [2.05, 4.69) is 26.1 Å². The van der Waals surface area contributed by atoms with Gasteiger partial charge in [0.1, 0.15) is 5.60 Å². The van der Waals surface area contributed by atoms with Crippen molar-refractivity contribution in [2.24, 2.45) is 0 Å². The molecule has 0 spiro atoms. The van der Waals surface area contributed by atoms with Crippen LogP contribution in [0.2, 0.25) is 0 Å². The lowest BCUT2D eigenvalue weighted by Gasteiger charge is -2.30. The average Bonchev–Trinajstić information content (AvgIpc) is 2.96. The Morgan fingerprint density at radius 1 is 1.24 bits per heavy atom. The molecule has 2 aliphatic rings. The Morgan fingerprint density at radius 3 is 2.67 bits per heavy atom. The van der Waals surface area contributed by atoms with Gasteiger partial charge in [0, 0.05) is 31.7 Å². The van der Waals surface area contributed by atoms with Crippen LogP contribution in [0.3, 0.4) is 0 Å². The summed E-state index contributed by atoms with van der Waals surface area (Å²) in [6.07, 6.45) is 5.58. The Bertz CT molecular complexity index is 507. The van der Waals surface area contributed by atoms with Crippen molar-refractivity contribution < 1.29 is 4.74 Å². The number of hydrogen-bond acceptors (Lipinski definition) is 4. The predicted octanol–water partition coefficient (Wildman–Crippen LogP) is 3.05. The van der Waals surface area contributed by atoms with Crippen molar-refractivity contribution in [3.05, 3.63) is 22.8 Å². The molecule has 1 saturated carbocycles. The van der Waals surface area contributed by atoms with E-state index in [1.165, 1.54) is 29.8 Å².